The summed E-state index contributed by atoms with van der Waals surface area (Å²) in [4.78, 5) is 3.33. The molecule has 1 nitrogen and oxygen atoms in total. The van der Waals surface area contributed by atoms with Crippen molar-refractivity contribution in [3.8, 4) is 0 Å². The van der Waals surface area contributed by atoms with E-state index >= 15 is 0 Å². The van der Waals surface area contributed by atoms with Crippen LogP contribution in [-0.4, -0.2) is 29.7 Å². The summed E-state index contributed by atoms with van der Waals surface area (Å²) < 4.78 is 38.3. The van der Waals surface area contributed by atoms with E-state index in [1.165, 1.54) is 0 Å². The molecule has 0 aliphatic heterocycles. The lowest BCUT2D eigenvalue weighted by molar-refractivity contribution is 0.0713. The van der Waals surface area contributed by atoms with Gasteiger partial charge in [-0.3, -0.25) is 0 Å². The van der Waals surface area contributed by atoms with Gasteiger partial charge in [-0.15, -0.1) is 0 Å². The Balaban J connectivity index is 2.66. The fourth-order valence-corrected chi connectivity index (χ4v) is 1.43. The van der Waals surface area contributed by atoms with Crippen molar-refractivity contribution in [2.75, 3.05) is 0 Å². The minimum absolute atomic E-state index is 0.286. The Kier molecular flexibility index (Phi) is 3.23. The molecule has 1 saturated carbocycles. The molecule has 2 unspecified atom stereocenters. The lowest BCUT2D eigenvalue weighted by Crippen LogP contribution is -2.39. The summed E-state index contributed by atoms with van der Waals surface area (Å²) in [5, 5.41) is 1.92. The zero-order chi connectivity index (χ0) is 9.14. The molecule has 2 atom stereocenters. The second-order valence-electron chi connectivity index (χ2n) is 2.81. The molecule has 1 fully saturated rings. The Morgan fingerprint density at radius 2 is 1.67 bits per heavy atom. The third kappa shape index (κ3) is 2.05. The van der Waals surface area contributed by atoms with Crippen molar-refractivity contribution in [2.45, 2.75) is 37.4 Å². The minimum atomic E-state index is -1.57. The molecule has 0 amide bonds. The van der Waals surface area contributed by atoms with Crippen molar-refractivity contribution < 1.29 is 13.2 Å². The number of hydrogen-bond donors (Lipinski definition) is 0. The van der Waals surface area contributed by atoms with Crippen LogP contribution in [0.1, 0.15) is 12.8 Å². The number of rotatable bonds is 1. The Morgan fingerprint density at radius 1 is 1.17 bits per heavy atom. The summed E-state index contributed by atoms with van der Waals surface area (Å²) in [6, 6.07) is -1.14. The summed E-state index contributed by atoms with van der Waals surface area (Å²) >= 11 is 4.22. The third-order valence-corrected chi connectivity index (χ3v) is 2.01. The number of halogens is 3. The van der Waals surface area contributed by atoms with Gasteiger partial charge in [0.25, 0.3) is 0 Å². The van der Waals surface area contributed by atoms with E-state index in [1.54, 1.807) is 0 Å². The van der Waals surface area contributed by atoms with Crippen LogP contribution in [-0.2, 0) is 0 Å². The van der Waals surface area contributed by atoms with Crippen molar-refractivity contribution in [2.24, 2.45) is 4.99 Å². The topological polar surface area (TPSA) is 12.4 Å². The van der Waals surface area contributed by atoms with Crippen LogP contribution in [0.5, 0.6) is 0 Å². The normalized spacial score (nSPS) is 41.9. The average molecular weight is 195 g/mol. The van der Waals surface area contributed by atoms with Crippen LogP contribution in [0.2, 0.25) is 0 Å². The molecule has 0 radical (unpaired) electrons. The van der Waals surface area contributed by atoms with Crippen molar-refractivity contribution >= 4 is 17.4 Å². The van der Waals surface area contributed by atoms with E-state index in [-0.39, 0.29) is 12.8 Å². The first-order valence-electron chi connectivity index (χ1n) is 3.64. The molecule has 0 N–H and O–H groups in total. The molecule has 0 spiro atoms. The highest BCUT2D eigenvalue weighted by Crippen LogP contribution is 2.28. The summed E-state index contributed by atoms with van der Waals surface area (Å²) in [6.07, 6.45) is -5.11. The molecule has 1 rings (SSSR count). The summed E-state index contributed by atoms with van der Waals surface area (Å²) in [7, 11) is 0. The summed E-state index contributed by atoms with van der Waals surface area (Å²) in [5.74, 6) is 0. The van der Waals surface area contributed by atoms with Crippen molar-refractivity contribution in [1.82, 2.24) is 0 Å². The van der Waals surface area contributed by atoms with Gasteiger partial charge in [0.15, 0.2) is 0 Å². The maximum absolute atomic E-state index is 12.9. The van der Waals surface area contributed by atoms with Gasteiger partial charge in [-0.1, -0.05) is 0 Å². The van der Waals surface area contributed by atoms with E-state index < -0.39 is 24.6 Å². The first-order chi connectivity index (χ1) is 5.65. The number of hydrogen-bond acceptors (Lipinski definition) is 2. The number of isothiocyanates is 1. The molecule has 12 heavy (non-hydrogen) atoms. The summed E-state index contributed by atoms with van der Waals surface area (Å²) in [5.41, 5.74) is 0. The SMILES string of the molecule is FC1CC(F)C(N=C=S)C(F)C1. The largest absolute Gasteiger partial charge is 0.247 e. The standard InChI is InChI=1S/C7H8F3NS/c8-4-1-5(9)7(11-3-12)6(10)2-4/h4-7H,1-2H2. The summed E-state index contributed by atoms with van der Waals surface area (Å²) in [6.45, 7) is 0. The van der Waals surface area contributed by atoms with Crippen LogP contribution < -0.4 is 0 Å². The fourth-order valence-electron chi connectivity index (χ4n) is 1.31. The van der Waals surface area contributed by atoms with Gasteiger partial charge < -0.3 is 0 Å². The predicted molar refractivity (Wildman–Crippen MR) is 42.7 cm³/mol. The Morgan fingerprint density at radius 3 is 2.08 bits per heavy atom. The van der Waals surface area contributed by atoms with Gasteiger partial charge in [0.05, 0.1) is 5.16 Å². The third-order valence-electron chi connectivity index (χ3n) is 1.90. The minimum Gasteiger partial charge on any atom is -0.247 e. The highest BCUT2D eigenvalue weighted by Gasteiger charge is 2.38. The molecule has 68 valence electrons. The smallest absolute Gasteiger partial charge is 0.129 e. The molecule has 0 aromatic heterocycles. The molecular weight excluding hydrogens is 187 g/mol. The van der Waals surface area contributed by atoms with Crippen LogP contribution in [0, 0.1) is 0 Å². The average Bonchev–Trinajstić information content (AvgIpc) is 1.96. The number of nitrogens with zero attached hydrogens (tertiary/aromatic N) is 1. The van der Waals surface area contributed by atoms with Crippen molar-refractivity contribution in [3.05, 3.63) is 0 Å². The lowest BCUT2D eigenvalue weighted by Gasteiger charge is -2.27. The Hall–Kier alpha value is -0.410. The zero-order valence-corrected chi connectivity index (χ0v) is 7.03. The molecule has 5 heteroatoms. The van der Waals surface area contributed by atoms with E-state index in [9.17, 15) is 13.2 Å². The van der Waals surface area contributed by atoms with Gasteiger partial charge in [0.1, 0.15) is 24.6 Å². The lowest BCUT2D eigenvalue weighted by atomic mass is 9.91. The monoisotopic (exact) mass is 195 g/mol. The van der Waals surface area contributed by atoms with E-state index in [4.69, 9.17) is 0 Å². The Bertz CT molecular complexity index is 193. The number of aliphatic imine (C=N–C) groups is 1. The fraction of sp³-hybridized carbons (Fsp3) is 0.857. The quantitative estimate of drug-likeness (QED) is 0.462. The van der Waals surface area contributed by atoms with Gasteiger partial charge >= 0.3 is 0 Å². The molecule has 1 aliphatic rings. The van der Waals surface area contributed by atoms with Gasteiger partial charge in [-0.2, -0.15) is 0 Å². The number of alkyl halides is 3. The van der Waals surface area contributed by atoms with Gasteiger partial charge in [-0.25, -0.2) is 18.2 Å². The second kappa shape index (κ2) is 4.01. The van der Waals surface area contributed by atoms with Gasteiger partial charge in [0.2, 0.25) is 0 Å². The molecule has 1 aliphatic carbocycles. The van der Waals surface area contributed by atoms with Crippen LogP contribution in [0.3, 0.4) is 0 Å². The van der Waals surface area contributed by atoms with E-state index in [2.05, 4.69) is 17.2 Å². The maximum Gasteiger partial charge on any atom is 0.129 e. The van der Waals surface area contributed by atoms with Crippen LogP contribution in [0.25, 0.3) is 0 Å². The second-order valence-corrected chi connectivity index (χ2v) is 2.99. The first-order valence-corrected chi connectivity index (χ1v) is 4.05. The molecule has 0 bridgehead atoms. The first kappa shape index (κ1) is 9.68. The van der Waals surface area contributed by atoms with E-state index in [0.29, 0.717) is 0 Å². The predicted octanol–water partition coefficient (Wildman–Crippen LogP) is 2.27. The van der Waals surface area contributed by atoms with E-state index in [0.717, 1.165) is 0 Å². The highest BCUT2D eigenvalue weighted by atomic mass is 32.1. The van der Waals surface area contributed by atoms with Crippen LogP contribution >= 0.6 is 12.2 Å². The maximum atomic E-state index is 12.9. The number of thiocarbonyl (C=S) groups is 1. The van der Waals surface area contributed by atoms with Crippen LogP contribution in [0.15, 0.2) is 4.99 Å². The molecular formula is C7H8F3NS. The Labute approximate surface area is 73.7 Å². The molecule has 0 aromatic carbocycles. The van der Waals surface area contributed by atoms with Crippen molar-refractivity contribution in [1.29, 1.82) is 0 Å². The van der Waals surface area contributed by atoms with Gasteiger partial charge in [-0.05, 0) is 12.2 Å². The molecule has 0 saturated heterocycles. The van der Waals surface area contributed by atoms with Crippen LogP contribution in [0.4, 0.5) is 13.2 Å². The van der Waals surface area contributed by atoms with Crippen molar-refractivity contribution in [3.63, 3.8) is 0 Å². The zero-order valence-electron chi connectivity index (χ0n) is 6.21. The highest BCUT2D eigenvalue weighted by molar-refractivity contribution is 7.78. The molecule has 0 heterocycles. The van der Waals surface area contributed by atoms with E-state index in [1.807, 2.05) is 5.16 Å². The molecule has 0 aromatic rings. The van der Waals surface area contributed by atoms with Gasteiger partial charge in [0, 0.05) is 12.8 Å².